The number of fused-ring (bicyclic) bond motifs is 1. The first-order valence-corrected chi connectivity index (χ1v) is 11.4. The summed E-state index contributed by atoms with van der Waals surface area (Å²) >= 11 is 1.60. The van der Waals surface area contributed by atoms with Crippen LogP contribution in [0.2, 0.25) is 0 Å². The van der Waals surface area contributed by atoms with Gasteiger partial charge in [0.2, 0.25) is 11.8 Å². The van der Waals surface area contributed by atoms with Crippen LogP contribution in [0.4, 0.5) is 0 Å². The molecule has 1 aliphatic heterocycles. The molecule has 0 radical (unpaired) electrons. The van der Waals surface area contributed by atoms with Gasteiger partial charge in [-0.05, 0) is 42.9 Å². The smallest absolute Gasteiger partial charge is 0.326 e. The van der Waals surface area contributed by atoms with Gasteiger partial charge in [0.25, 0.3) is 0 Å². The standard InChI is InChI=1S/C21H28N4O4S/c1-30-10-8-15(22)19(26)24-17(20(27)25-9-4-7-18(25)21(28)29)11-13-12-23-16-6-3-2-5-14(13)16/h2-3,5-6,12,15,17-18,23H,4,7-11,22H2,1H3,(H,24,26)(H,28,29)/t15-,17-,18+/m0/s1. The van der Waals surface area contributed by atoms with Crippen LogP contribution in [0.5, 0.6) is 0 Å². The van der Waals surface area contributed by atoms with E-state index in [-0.39, 0.29) is 12.3 Å². The van der Waals surface area contributed by atoms with E-state index in [0.29, 0.717) is 25.8 Å². The predicted octanol–water partition coefficient (Wildman–Crippen LogP) is 1.35. The van der Waals surface area contributed by atoms with Gasteiger partial charge in [0, 0.05) is 30.1 Å². The summed E-state index contributed by atoms with van der Waals surface area (Å²) in [6.45, 7) is 0.370. The first-order chi connectivity index (χ1) is 14.4. The Kier molecular flexibility index (Phi) is 7.38. The highest BCUT2D eigenvalue weighted by Crippen LogP contribution is 2.23. The number of hydrogen-bond acceptors (Lipinski definition) is 5. The molecular formula is C21H28N4O4S. The molecule has 2 heterocycles. The highest BCUT2D eigenvalue weighted by molar-refractivity contribution is 7.98. The van der Waals surface area contributed by atoms with Crippen LogP contribution >= 0.6 is 11.8 Å². The second kappa shape index (κ2) is 9.99. The third-order valence-corrected chi connectivity index (χ3v) is 6.15. The number of amides is 2. The molecule has 1 aliphatic rings. The van der Waals surface area contributed by atoms with Gasteiger partial charge >= 0.3 is 5.97 Å². The third-order valence-electron chi connectivity index (χ3n) is 5.50. The van der Waals surface area contributed by atoms with Gasteiger partial charge in [-0.1, -0.05) is 18.2 Å². The van der Waals surface area contributed by atoms with Crippen LogP contribution in [0.1, 0.15) is 24.8 Å². The summed E-state index contributed by atoms with van der Waals surface area (Å²) in [5, 5.41) is 13.2. The van der Waals surface area contributed by atoms with Crippen LogP contribution in [-0.4, -0.2) is 69.5 Å². The summed E-state index contributed by atoms with van der Waals surface area (Å²) in [6.07, 6.45) is 5.57. The molecular weight excluding hydrogens is 404 g/mol. The number of likely N-dealkylation sites (tertiary alicyclic amines) is 1. The fourth-order valence-electron chi connectivity index (χ4n) is 3.86. The maximum atomic E-state index is 13.3. The van der Waals surface area contributed by atoms with Crippen molar-refractivity contribution in [1.82, 2.24) is 15.2 Å². The quantitative estimate of drug-likeness (QED) is 0.473. The molecule has 1 aromatic heterocycles. The number of nitrogens with one attached hydrogen (secondary N) is 2. The van der Waals surface area contributed by atoms with E-state index in [0.717, 1.165) is 22.2 Å². The third kappa shape index (κ3) is 4.96. The first kappa shape index (κ1) is 22.2. The molecule has 5 N–H and O–H groups in total. The average molecular weight is 433 g/mol. The molecule has 162 valence electrons. The normalized spacial score (nSPS) is 18.3. The van der Waals surface area contributed by atoms with Gasteiger partial charge in [-0.25, -0.2) is 4.79 Å². The summed E-state index contributed by atoms with van der Waals surface area (Å²) in [5.74, 6) is -1.05. The average Bonchev–Trinajstić information content (AvgIpc) is 3.38. The fourth-order valence-corrected chi connectivity index (χ4v) is 4.35. The van der Waals surface area contributed by atoms with Gasteiger partial charge < -0.3 is 26.0 Å². The lowest BCUT2D eigenvalue weighted by atomic mass is 10.0. The highest BCUT2D eigenvalue weighted by atomic mass is 32.2. The van der Waals surface area contributed by atoms with Crippen LogP contribution in [0.15, 0.2) is 30.5 Å². The number of aromatic nitrogens is 1. The van der Waals surface area contributed by atoms with Gasteiger partial charge in [0.15, 0.2) is 0 Å². The molecule has 0 unspecified atom stereocenters. The van der Waals surface area contributed by atoms with E-state index in [1.165, 1.54) is 4.90 Å². The number of nitrogens with zero attached hydrogens (tertiary/aromatic N) is 1. The number of carbonyl (C=O) groups is 3. The molecule has 0 aliphatic carbocycles. The number of para-hydroxylation sites is 1. The molecule has 0 saturated carbocycles. The van der Waals surface area contributed by atoms with Crippen molar-refractivity contribution in [1.29, 1.82) is 0 Å². The molecule has 3 rings (SSSR count). The maximum Gasteiger partial charge on any atom is 0.326 e. The number of H-pyrrole nitrogens is 1. The SMILES string of the molecule is CSCC[C@H](N)C(=O)N[C@@H](Cc1c[nH]c2ccccc12)C(=O)N1CCC[C@@H]1C(=O)O. The van der Waals surface area contributed by atoms with Crippen molar-refractivity contribution in [2.75, 3.05) is 18.6 Å². The molecule has 8 nitrogen and oxygen atoms in total. The Morgan fingerprint density at radius 3 is 2.87 bits per heavy atom. The fraction of sp³-hybridized carbons (Fsp3) is 0.476. The van der Waals surface area contributed by atoms with Crippen molar-refractivity contribution in [3.8, 4) is 0 Å². The van der Waals surface area contributed by atoms with E-state index < -0.39 is 30.0 Å². The molecule has 0 spiro atoms. The van der Waals surface area contributed by atoms with Crippen molar-refractivity contribution in [2.24, 2.45) is 5.73 Å². The monoisotopic (exact) mass is 432 g/mol. The minimum atomic E-state index is -1.02. The van der Waals surface area contributed by atoms with Crippen LogP contribution < -0.4 is 11.1 Å². The number of carbonyl (C=O) groups excluding carboxylic acids is 2. The number of thioether (sulfide) groups is 1. The number of carboxylic acids is 1. The van der Waals surface area contributed by atoms with Gasteiger partial charge in [-0.15, -0.1) is 0 Å². The number of rotatable bonds is 9. The zero-order valence-electron chi connectivity index (χ0n) is 17.0. The molecule has 1 aromatic carbocycles. The second-order valence-electron chi connectivity index (χ2n) is 7.54. The van der Waals surface area contributed by atoms with Gasteiger partial charge in [-0.2, -0.15) is 11.8 Å². The number of nitrogens with two attached hydrogens (primary N) is 1. The van der Waals surface area contributed by atoms with Crippen LogP contribution in [0.3, 0.4) is 0 Å². The lowest BCUT2D eigenvalue weighted by molar-refractivity contribution is -0.149. The van der Waals surface area contributed by atoms with E-state index in [1.54, 1.807) is 11.8 Å². The molecule has 9 heteroatoms. The molecule has 2 aromatic rings. The molecule has 1 saturated heterocycles. The van der Waals surface area contributed by atoms with Crippen molar-refractivity contribution >= 4 is 40.4 Å². The Morgan fingerprint density at radius 2 is 2.13 bits per heavy atom. The van der Waals surface area contributed by atoms with Crippen LogP contribution in [0, 0.1) is 0 Å². The summed E-state index contributed by atoms with van der Waals surface area (Å²) in [5.41, 5.74) is 7.81. The van der Waals surface area contributed by atoms with Crippen molar-refractivity contribution < 1.29 is 19.5 Å². The number of carboxylic acid groups (broad SMARTS) is 1. The summed E-state index contributed by atoms with van der Waals surface area (Å²) in [7, 11) is 0. The minimum Gasteiger partial charge on any atom is -0.480 e. The second-order valence-corrected chi connectivity index (χ2v) is 8.53. The summed E-state index contributed by atoms with van der Waals surface area (Å²) < 4.78 is 0. The van der Waals surface area contributed by atoms with Crippen molar-refractivity contribution in [3.05, 3.63) is 36.0 Å². The van der Waals surface area contributed by atoms with Crippen LogP contribution in [0.25, 0.3) is 10.9 Å². The van der Waals surface area contributed by atoms with Crippen molar-refractivity contribution in [3.63, 3.8) is 0 Å². The van der Waals surface area contributed by atoms with Crippen LogP contribution in [-0.2, 0) is 20.8 Å². The van der Waals surface area contributed by atoms with E-state index in [4.69, 9.17) is 5.73 Å². The van der Waals surface area contributed by atoms with Crippen molar-refractivity contribution in [2.45, 2.75) is 43.8 Å². The molecule has 30 heavy (non-hydrogen) atoms. The van der Waals surface area contributed by atoms with Gasteiger partial charge in [-0.3, -0.25) is 9.59 Å². The Bertz CT molecular complexity index is 915. The first-order valence-electron chi connectivity index (χ1n) is 10.1. The Morgan fingerprint density at radius 1 is 1.37 bits per heavy atom. The Balaban J connectivity index is 1.83. The summed E-state index contributed by atoms with van der Waals surface area (Å²) in [4.78, 5) is 42.0. The minimum absolute atomic E-state index is 0.257. The topological polar surface area (TPSA) is 129 Å². The largest absolute Gasteiger partial charge is 0.480 e. The number of benzene rings is 1. The number of hydrogen-bond donors (Lipinski definition) is 4. The predicted molar refractivity (Wildman–Crippen MR) is 117 cm³/mol. The summed E-state index contributed by atoms with van der Waals surface area (Å²) in [6, 6.07) is 5.26. The Hall–Kier alpha value is -2.52. The maximum absolute atomic E-state index is 13.3. The zero-order valence-corrected chi connectivity index (χ0v) is 17.8. The number of aromatic amines is 1. The molecule has 3 atom stereocenters. The Labute approximate surface area is 179 Å². The van der Waals surface area contributed by atoms with E-state index in [2.05, 4.69) is 10.3 Å². The van der Waals surface area contributed by atoms with E-state index >= 15 is 0 Å². The van der Waals surface area contributed by atoms with Gasteiger partial charge in [0.1, 0.15) is 12.1 Å². The molecule has 1 fully saturated rings. The molecule has 0 bridgehead atoms. The molecule has 2 amide bonds. The lowest BCUT2D eigenvalue weighted by Crippen LogP contribution is -2.55. The van der Waals surface area contributed by atoms with E-state index in [1.807, 2.05) is 36.7 Å². The number of aliphatic carboxylic acids is 1. The van der Waals surface area contributed by atoms with E-state index in [9.17, 15) is 19.5 Å². The van der Waals surface area contributed by atoms with Gasteiger partial charge in [0.05, 0.1) is 6.04 Å². The highest BCUT2D eigenvalue weighted by Gasteiger charge is 2.38. The zero-order chi connectivity index (χ0) is 21.7. The lowest BCUT2D eigenvalue weighted by Gasteiger charge is -2.28.